The molecule has 110 valence electrons. The summed E-state index contributed by atoms with van der Waals surface area (Å²) in [6.07, 6.45) is 0. The van der Waals surface area contributed by atoms with E-state index in [9.17, 15) is 18.0 Å². The number of carbonyl (C=O) groups excluding carboxylic acids is 1. The molecule has 21 heavy (non-hydrogen) atoms. The lowest BCUT2D eigenvalue weighted by molar-refractivity contribution is -0.118. The predicted molar refractivity (Wildman–Crippen MR) is 73.1 cm³/mol. The number of hydrogen-bond donors (Lipinski definition) is 2. The molecule has 0 aliphatic heterocycles. The first kappa shape index (κ1) is 14.9. The van der Waals surface area contributed by atoms with E-state index in [1.54, 1.807) is 18.2 Å². The van der Waals surface area contributed by atoms with Crippen LogP contribution in [0.5, 0.6) is 0 Å². The summed E-state index contributed by atoms with van der Waals surface area (Å²) in [4.78, 5) is 11.5. The molecule has 2 aromatic rings. The zero-order valence-corrected chi connectivity index (χ0v) is 11.2. The summed E-state index contributed by atoms with van der Waals surface area (Å²) in [5, 5.41) is 2.72. The first-order valence-corrected chi connectivity index (χ1v) is 6.15. The van der Waals surface area contributed by atoms with Gasteiger partial charge in [-0.25, -0.2) is 13.2 Å². The Morgan fingerprint density at radius 2 is 1.76 bits per heavy atom. The lowest BCUT2D eigenvalue weighted by Gasteiger charge is -2.18. The van der Waals surface area contributed by atoms with Crippen molar-refractivity contribution >= 4 is 11.6 Å². The minimum absolute atomic E-state index is 0.345. The third kappa shape index (κ3) is 3.34. The Morgan fingerprint density at radius 1 is 1.10 bits per heavy atom. The normalized spacial score (nSPS) is 12.0. The molecule has 3 nitrogen and oxygen atoms in total. The Hall–Kier alpha value is -2.50. The number of benzene rings is 2. The van der Waals surface area contributed by atoms with E-state index in [-0.39, 0.29) is 5.56 Å². The SMILES string of the molecule is Cc1cccc(NC(C(N)=O)c2cc(F)c(F)cc2F)c1. The predicted octanol–water partition coefficient (Wildman–Crippen LogP) is 3.05. The van der Waals surface area contributed by atoms with Crippen molar-refractivity contribution in [1.82, 2.24) is 0 Å². The molecule has 1 amide bonds. The molecule has 0 saturated carbocycles. The molecule has 1 unspecified atom stereocenters. The van der Waals surface area contributed by atoms with E-state index in [1.807, 2.05) is 13.0 Å². The molecule has 0 aromatic heterocycles. The second-order valence-corrected chi connectivity index (χ2v) is 4.64. The Bertz CT molecular complexity index is 689. The van der Waals surface area contributed by atoms with E-state index < -0.39 is 29.4 Å². The summed E-state index contributed by atoms with van der Waals surface area (Å²) in [6.45, 7) is 1.84. The number of aryl methyl sites for hydroxylation is 1. The van der Waals surface area contributed by atoms with Gasteiger partial charge in [0.1, 0.15) is 11.9 Å². The highest BCUT2D eigenvalue weighted by molar-refractivity contribution is 5.84. The molecular formula is C15H13F3N2O. The molecule has 0 saturated heterocycles. The van der Waals surface area contributed by atoms with Gasteiger partial charge in [0.2, 0.25) is 5.91 Å². The maximum atomic E-state index is 13.8. The van der Waals surface area contributed by atoms with E-state index in [1.165, 1.54) is 0 Å². The minimum atomic E-state index is -1.32. The van der Waals surface area contributed by atoms with Gasteiger partial charge in [-0.2, -0.15) is 0 Å². The van der Waals surface area contributed by atoms with Gasteiger partial charge < -0.3 is 11.1 Å². The number of anilines is 1. The smallest absolute Gasteiger partial charge is 0.244 e. The van der Waals surface area contributed by atoms with Gasteiger partial charge in [0.15, 0.2) is 11.6 Å². The van der Waals surface area contributed by atoms with Crippen LogP contribution in [0.2, 0.25) is 0 Å². The van der Waals surface area contributed by atoms with Crippen molar-refractivity contribution in [1.29, 1.82) is 0 Å². The number of halogens is 3. The van der Waals surface area contributed by atoms with Crippen LogP contribution >= 0.6 is 0 Å². The monoisotopic (exact) mass is 294 g/mol. The summed E-state index contributed by atoms with van der Waals surface area (Å²) in [6, 6.07) is 6.65. The minimum Gasteiger partial charge on any atom is -0.370 e. The van der Waals surface area contributed by atoms with E-state index >= 15 is 0 Å². The standard InChI is InChI=1S/C15H13F3N2O/c1-8-3-2-4-9(5-8)20-14(15(19)21)10-6-12(17)13(18)7-11(10)16/h2-7,14,20H,1H3,(H2,19,21). The highest BCUT2D eigenvalue weighted by atomic mass is 19.2. The molecular weight excluding hydrogens is 281 g/mol. The van der Waals surface area contributed by atoms with Gasteiger partial charge in [0.25, 0.3) is 0 Å². The fraction of sp³-hybridized carbons (Fsp3) is 0.133. The molecule has 2 rings (SSSR count). The van der Waals surface area contributed by atoms with E-state index in [0.717, 1.165) is 5.56 Å². The molecule has 0 bridgehead atoms. The summed E-state index contributed by atoms with van der Waals surface area (Å²) in [5.74, 6) is -4.52. The summed E-state index contributed by atoms with van der Waals surface area (Å²) >= 11 is 0. The highest BCUT2D eigenvalue weighted by Gasteiger charge is 2.23. The zero-order valence-electron chi connectivity index (χ0n) is 11.2. The molecule has 0 radical (unpaired) electrons. The molecule has 0 aliphatic carbocycles. The lowest BCUT2D eigenvalue weighted by atomic mass is 10.0. The van der Waals surface area contributed by atoms with Gasteiger partial charge in [-0.05, 0) is 30.7 Å². The summed E-state index contributed by atoms with van der Waals surface area (Å²) in [7, 11) is 0. The highest BCUT2D eigenvalue weighted by Crippen LogP contribution is 2.24. The van der Waals surface area contributed by atoms with Crippen molar-refractivity contribution in [3.63, 3.8) is 0 Å². The number of nitrogens with one attached hydrogen (secondary N) is 1. The molecule has 0 spiro atoms. The average Bonchev–Trinajstić information content (AvgIpc) is 2.40. The van der Waals surface area contributed by atoms with E-state index in [4.69, 9.17) is 5.73 Å². The van der Waals surface area contributed by atoms with Crippen molar-refractivity contribution in [2.75, 3.05) is 5.32 Å². The average molecular weight is 294 g/mol. The largest absolute Gasteiger partial charge is 0.370 e. The second kappa shape index (κ2) is 5.87. The van der Waals surface area contributed by atoms with Crippen LogP contribution in [-0.2, 0) is 4.79 Å². The summed E-state index contributed by atoms with van der Waals surface area (Å²) in [5.41, 5.74) is 6.31. The van der Waals surface area contributed by atoms with Crippen LogP contribution in [0, 0.1) is 24.4 Å². The van der Waals surface area contributed by atoms with Gasteiger partial charge in [-0.15, -0.1) is 0 Å². The Labute approximate surface area is 119 Å². The zero-order chi connectivity index (χ0) is 15.6. The molecule has 2 aromatic carbocycles. The number of rotatable bonds is 4. The molecule has 1 atom stereocenters. The van der Waals surface area contributed by atoms with Crippen molar-refractivity contribution in [3.8, 4) is 0 Å². The fourth-order valence-electron chi connectivity index (χ4n) is 1.96. The van der Waals surface area contributed by atoms with Crippen LogP contribution in [0.15, 0.2) is 36.4 Å². The van der Waals surface area contributed by atoms with Crippen molar-refractivity contribution in [3.05, 3.63) is 65.0 Å². The third-order valence-electron chi connectivity index (χ3n) is 2.96. The molecule has 6 heteroatoms. The topological polar surface area (TPSA) is 55.1 Å². The number of primary amides is 1. The fourth-order valence-corrected chi connectivity index (χ4v) is 1.96. The number of nitrogens with two attached hydrogens (primary N) is 1. The first-order valence-electron chi connectivity index (χ1n) is 6.15. The Morgan fingerprint density at radius 3 is 2.38 bits per heavy atom. The lowest BCUT2D eigenvalue weighted by Crippen LogP contribution is -2.28. The van der Waals surface area contributed by atoms with Crippen LogP contribution in [0.1, 0.15) is 17.2 Å². The van der Waals surface area contributed by atoms with Gasteiger partial charge in [-0.3, -0.25) is 4.79 Å². The maximum absolute atomic E-state index is 13.8. The summed E-state index contributed by atoms with van der Waals surface area (Å²) < 4.78 is 40.0. The van der Waals surface area contributed by atoms with Crippen molar-refractivity contribution in [2.24, 2.45) is 5.73 Å². The quantitative estimate of drug-likeness (QED) is 0.852. The first-order chi connectivity index (χ1) is 9.88. The van der Waals surface area contributed by atoms with E-state index in [0.29, 0.717) is 17.8 Å². The van der Waals surface area contributed by atoms with Gasteiger partial charge in [0.05, 0.1) is 0 Å². The van der Waals surface area contributed by atoms with E-state index in [2.05, 4.69) is 5.32 Å². The number of hydrogen-bond acceptors (Lipinski definition) is 2. The van der Waals surface area contributed by atoms with Crippen LogP contribution in [-0.4, -0.2) is 5.91 Å². The molecule has 0 fully saturated rings. The Kier molecular flexibility index (Phi) is 4.16. The molecule has 0 aliphatic rings. The number of amides is 1. The third-order valence-corrected chi connectivity index (χ3v) is 2.96. The van der Waals surface area contributed by atoms with Crippen LogP contribution in [0.3, 0.4) is 0 Å². The Balaban J connectivity index is 2.40. The maximum Gasteiger partial charge on any atom is 0.244 e. The molecule has 3 N–H and O–H groups in total. The van der Waals surface area contributed by atoms with Crippen LogP contribution in [0.4, 0.5) is 18.9 Å². The van der Waals surface area contributed by atoms with Gasteiger partial charge in [0, 0.05) is 17.3 Å². The molecule has 0 heterocycles. The van der Waals surface area contributed by atoms with Crippen LogP contribution in [0.25, 0.3) is 0 Å². The number of carbonyl (C=O) groups is 1. The van der Waals surface area contributed by atoms with Crippen molar-refractivity contribution < 1.29 is 18.0 Å². The van der Waals surface area contributed by atoms with Crippen LogP contribution < -0.4 is 11.1 Å². The van der Waals surface area contributed by atoms with Gasteiger partial charge >= 0.3 is 0 Å². The van der Waals surface area contributed by atoms with Crippen molar-refractivity contribution in [2.45, 2.75) is 13.0 Å². The second-order valence-electron chi connectivity index (χ2n) is 4.64. The van der Waals surface area contributed by atoms with Gasteiger partial charge in [-0.1, -0.05) is 12.1 Å².